The van der Waals surface area contributed by atoms with Gasteiger partial charge in [0.1, 0.15) is 17.7 Å². The summed E-state index contributed by atoms with van der Waals surface area (Å²) in [6.45, 7) is 2.28. The molecule has 7 heteroatoms. The van der Waals surface area contributed by atoms with Crippen LogP contribution in [0.25, 0.3) is 110 Å². The molecular formula is C71H51N7. The van der Waals surface area contributed by atoms with E-state index < -0.39 is 5.66 Å². The summed E-state index contributed by atoms with van der Waals surface area (Å²) in [5.41, 5.74) is 16.5. The van der Waals surface area contributed by atoms with Crippen molar-refractivity contribution in [3.63, 3.8) is 0 Å². The largest absolute Gasteiger partial charge is 0.348 e. The number of nitrogens with zero attached hydrogens (tertiary/aromatic N) is 6. The van der Waals surface area contributed by atoms with Gasteiger partial charge in [-0.2, -0.15) is 0 Å². The van der Waals surface area contributed by atoms with Gasteiger partial charge in [0.25, 0.3) is 0 Å². The molecule has 0 amide bonds. The molecular weight excluding hydrogens is 951 g/mol. The Morgan fingerprint density at radius 1 is 0.359 bits per heavy atom. The lowest BCUT2D eigenvalue weighted by Gasteiger charge is -2.47. The molecule has 0 spiro atoms. The normalized spacial score (nSPS) is 16.1. The van der Waals surface area contributed by atoms with Crippen molar-refractivity contribution >= 4 is 93.1 Å². The van der Waals surface area contributed by atoms with Gasteiger partial charge in [-0.3, -0.25) is 4.90 Å². The van der Waals surface area contributed by atoms with E-state index in [0.29, 0.717) is 0 Å². The van der Waals surface area contributed by atoms with Crippen molar-refractivity contribution < 1.29 is 0 Å². The van der Waals surface area contributed by atoms with Crippen LogP contribution in [0, 0.1) is 0 Å². The molecule has 0 bridgehead atoms. The zero-order chi connectivity index (χ0) is 51.6. The summed E-state index contributed by atoms with van der Waals surface area (Å²) >= 11 is 0. The van der Waals surface area contributed by atoms with Crippen LogP contribution in [-0.2, 0) is 5.66 Å². The molecule has 2 unspecified atom stereocenters. The van der Waals surface area contributed by atoms with E-state index >= 15 is 0 Å². The number of aliphatic imine (C=N–C) groups is 1. The molecule has 15 aromatic rings. The Morgan fingerprint density at radius 3 is 1.47 bits per heavy atom. The van der Waals surface area contributed by atoms with Crippen molar-refractivity contribution in [3.05, 3.63) is 278 Å². The first-order chi connectivity index (χ1) is 38.5. The Hall–Kier alpha value is -9.95. The van der Waals surface area contributed by atoms with Gasteiger partial charge in [0.05, 0.1) is 44.1 Å². The zero-order valence-corrected chi connectivity index (χ0v) is 43.1. The summed E-state index contributed by atoms with van der Waals surface area (Å²) in [6, 6.07) is 95.0. The van der Waals surface area contributed by atoms with Crippen LogP contribution in [0.4, 0.5) is 0 Å². The van der Waals surface area contributed by atoms with Crippen LogP contribution in [0.15, 0.2) is 266 Å². The zero-order valence-electron chi connectivity index (χ0n) is 43.1. The van der Waals surface area contributed by atoms with Gasteiger partial charge >= 0.3 is 0 Å². The van der Waals surface area contributed by atoms with Gasteiger partial charge in [-0.05, 0) is 98.4 Å². The van der Waals surface area contributed by atoms with Crippen LogP contribution in [0.1, 0.15) is 29.8 Å². The minimum Gasteiger partial charge on any atom is -0.348 e. The lowest BCUT2D eigenvalue weighted by atomic mass is 9.94. The summed E-state index contributed by atoms with van der Waals surface area (Å²) in [6.07, 6.45) is -0.360. The molecule has 0 saturated carbocycles. The van der Waals surface area contributed by atoms with Crippen LogP contribution < -0.4 is 5.32 Å². The Balaban J connectivity index is 0.998. The van der Waals surface area contributed by atoms with E-state index in [4.69, 9.17) is 4.99 Å². The van der Waals surface area contributed by atoms with Crippen LogP contribution >= 0.6 is 0 Å². The first-order valence-corrected chi connectivity index (χ1v) is 26.9. The SMILES string of the molecule is CN1C(c2cccc3c4c(ccc5c6ccccc6n(-c6ccc7c(c6)c6ccc8c(c9ccccc9n8-c8ccccc8)c6n7-c6ccccc6)c54)n(-c4ccccc4)c23)N=C(c2ccccc2)NC1(C)c1ccccc1. The van der Waals surface area contributed by atoms with Crippen molar-refractivity contribution in [3.8, 4) is 22.7 Å². The van der Waals surface area contributed by atoms with Crippen molar-refractivity contribution in [1.82, 2.24) is 28.5 Å². The number of para-hydroxylation sites is 6. The molecule has 7 nitrogen and oxygen atoms in total. The average molecular weight is 1000 g/mol. The molecule has 0 aliphatic carbocycles. The monoisotopic (exact) mass is 1000 g/mol. The molecule has 370 valence electrons. The number of benzene rings is 11. The van der Waals surface area contributed by atoms with Crippen LogP contribution in [0.5, 0.6) is 0 Å². The molecule has 78 heavy (non-hydrogen) atoms. The van der Waals surface area contributed by atoms with E-state index in [1.807, 2.05) is 0 Å². The van der Waals surface area contributed by atoms with Gasteiger partial charge in [-0.1, -0.05) is 182 Å². The van der Waals surface area contributed by atoms with Gasteiger partial charge in [-0.25, -0.2) is 4.99 Å². The second kappa shape index (κ2) is 17.0. The van der Waals surface area contributed by atoms with Gasteiger partial charge < -0.3 is 23.6 Å². The molecule has 2 atom stereocenters. The lowest BCUT2D eigenvalue weighted by Crippen LogP contribution is -2.59. The average Bonchev–Trinajstić information content (AvgIpc) is 4.38. The smallest absolute Gasteiger partial charge is 0.134 e. The first-order valence-electron chi connectivity index (χ1n) is 26.9. The number of hydrogen-bond acceptors (Lipinski definition) is 3. The minimum atomic E-state index is -0.600. The van der Waals surface area contributed by atoms with Gasteiger partial charge in [0.2, 0.25) is 0 Å². The molecule has 1 aliphatic heterocycles. The number of amidine groups is 1. The van der Waals surface area contributed by atoms with E-state index in [1.165, 1.54) is 65.2 Å². The summed E-state index contributed by atoms with van der Waals surface area (Å²) in [5.74, 6) is 0.860. The standard InChI is InChI=1S/C71H51N7/c1-71(47-25-10-4-11-26-47)73-69(46-23-8-3-9-24-46)72-70(74(71)2)57-36-22-35-56-65-63(77(66(56)57)50-31-16-7-17-32-50)44-40-53-52-33-18-20-37-59(52)78(67(53)65)51-39-42-61-58(45-51)54-41-43-62-64(68(54)76(61)49-29-14-6-15-30-49)55-34-19-21-38-60(55)75(62)48-27-12-5-13-28-48/h3-45,70H,1-2H3,(H,72,73). The van der Waals surface area contributed by atoms with E-state index in [1.54, 1.807) is 0 Å². The summed E-state index contributed by atoms with van der Waals surface area (Å²) in [5, 5.41) is 13.6. The third-order valence-corrected chi connectivity index (χ3v) is 16.8. The highest BCUT2D eigenvalue weighted by Crippen LogP contribution is 2.48. The summed E-state index contributed by atoms with van der Waals surface area (Å²) in [4.78, 5) is 8.08. The maximum Gasteiger partial charge on any atom is 0.134 e. The summed E-state index contributed by atoms with van der Waals surface area (Å²) in [7, 11) is 2.21. The van der Waals surface area contributed by atoms with Crippen LogP contribution in [-0.4, -0.2) is 36.1 Å². The molecule has 5 heterocycles. The highest BCUT2D eigenvalue weighted by molar-refractivity contribution is 6.28. The maximum atomic E-state index is 5.68. The van der Waals surface area contributed by atoms with E-state index in [2.05, 4.69) is 303 Å². The Bertz CT molecular complexity index is 4900. The number of hydrogen-bond donors (Lipinski definition) is 1. The van der Waals surface area contributed by atoms with Crippen LogP contribution in [0.3, 0.4) is 0 Å². The maximum absolute atomic E-state index is 5.68. The fraction of sp³-hybridized carbons (Fsp3) is 0.0563. The highest BCUT2D eigenvalue weighted by Gasteiger charge is 2.42. The second-order valence-corrected chi connectivity index (χ2v) is 20.9. The van der Waals surface area contributed by atoms with Gasteiger partial charge in [0.15, 0.2) is 0 Å². The highest BCUT2D eigenvalue weighted by atomic mass is 15.4. The number of aromatic nitrogens is 4. The predicted molar refractivity (Wildman–Crippen MR) is 324 cm³/mol. The van der Waals surface area contributed by atoms with Gasteiger partial charge in [-0.15, -0.1) is 0 Å². The van der Waals surface area contributed by atoms with E-state index in [-0.39, 0.29) is 6.17 Å². The quantitative estimate of drug-likeness (QED) is 0.173. The molecule has 0 radical (unpaired) electrons. The number of rotatable bonds is 7. The fourth-order valence-corrected chi connectivity index (χ4v) is 13.2. The molecule has 11 aromatic carbocycles. The Labute approximate surface area is 450 Å². The van der Waals surface area contributed by atoms with Crippen molar-refractivity contribution in [2.24, 2.45) is 4.99 Å². The van der Waals surface area contributed by atoms with Crippen molar-refractivity contribution in [1.29, 1.82) is 0 Å². The molecule has 1 N–H and O–H groups in total. The van der Waals surface area contributed by atoms with Gasteiger partial charge in [0, 0.05) is 77.0 Å². The molecule has 0 saturated heterocycles. The fourth-order valence-electron chi connectivity index (χ4n) is 13.2. The second-order valence-electron chi connectivity index (χ2n) is 20.9. The Kier molecular flexibility index (Phi) is 9.69. The first kappa shape index (κ1) is 44.4. The van der Waals surface area contributed by atoms with E-state index in [9.17, 15) is 0 Å². The van der Waals surface area contributed by atoms with Crippen molar-refractivity contribution in [2.45, 2.75) is 18.8 Å². The molecule has 4 aromatic heterocycles. The summed E-state index contributed by atoms with van der Waals surface area (Å²) < 4.78 is 9.93. The predicted octanol–water partition coefficient (Wildman–Crippen LogP) is 16.9. The molecule has 16 rings (SSSR count). The topological polar surface area (TPSA) is 47.4 Å². The Morgan fingerprint density at radius 2 is 0.821 bits per heavy atom. The number of nitrogens with one attached hydrogen (secondary N) is 1. The number of fused-ring (bicyclic) bond motifs is 14. The third-order valence-electron chi connectivity index (χ3n) is 16.8. The van der Waals surface area contributed by atoms with E-state index in [0.717, 1.165) is 67.3 Å². The lowest BCUT2D eigenvalue weighted by molar-refractivity contribution is 0.0609. The molecule has 0 fully saturated rings. The minimum absolute atomic E-state index is 0.360. The third kappa shape index (κ3) is 6.33. The molecule has 1 aliphatic rings. The van der Waals surface area contributed by atoms with Crippen LogP contribution in [0.2, 0.25) is 0 Å². The van der Waals surface area contributed by atoms with Crippen molar-refractivity contribution in [2.75, 3.05) is 7.05 Å².